The van der Waals surface area contributed by atoms with Gasteiger partial charge in [0.2, 0.25) is 5.13 Å². The van der Waals surface area contributed by atoms with Gasteiger partial charge in [0.05, 0.1) is 11.0 Å². The predicted molar refractivity (Wildman–Crippen MR) is 71.3 cm³/mol. The third-order valence-electron chi connectivity index (χ3n) is 2.76. The molecule has 0 spiro atoms. The molecule has 3 aromatic rings. The topological polar surface area (TPSA) is 63.6 Å². The molecule has 0 amide bonds. The van der Waals surface area contributed by atoms with Crippen LogP contribution in [0.1, 0.15) is 18.4 Å². The summed E-state index contributed by atoms with van der Waals surface area (Å²) >= 11 is 1.38. The van der Waals surface area contributed by atoms with Crippen molar-refractivity contribution in [3.63, 3.8) is 0 Å². The van der Waals surface area contributed by atoms with Crippen molar-refractivity contribution < 1.29 is 4.39 Å². The van der Waals surface area contributed by atoms with E-state index in [1.165, 1.54) is 28.0 Å². The van der Waals surface area contributed by atoms with Crippen LogP contribution in [0.5, 0.6) is 0 Å². The van der Waals surface area contributed by atoms with E-state index < -0.39 is 0 Å². The molecule has 5 nitrogen and oxygen atoms in total. The standard InChI is InChI=1S/C12H11FN4OS/c1-2-3-10-15-16-12(19-10)17-9-5-4-7(13)6-8(9)14-11(17)18/h4-6H,2-3H2,1H3,(H,14,18). The summed E-state index contributed by atoms with van der Waals surface area (Å²) in [4.78, 5) is 14.6. The smallest absolute Gasteiger partial charge is 0.305 e. The number of aromatic amines is 1. The SMILES string of the molecule is CCCc1nnc(-n2c(=O)[nH]c3cc(F)ccc32)s1. The summed E-state index contributed by atoms with van der Waals surface area (Å²) in [6, 6.07) is 4.17. The largest absolute Gasteiger partial charge is 0.332 e. The van der Waals surface area contributed by atoms with E-state index in [1.54, 1.807) is 6.07 Å². The molecule has 0 fully saturated rings. The molecule has 0 radical (unpaired) electrons. The van der Waals surface area contributed by atoms with Crippen LogP contribution in [-0.2, 0) is 6.42 Å². The quantitative estimate of drug-likeness (QED) is 0.799. The van der Waals surface area contributed by atoms with Crippen molar-refractivity contribution in [1.29, 1.82) is 0 Å². The van der Waals surface area contributed by atoms with Gasteiger partial charge in [-0.25, -0.2) is 13.8 Å². The molecular formula is C12H11FN4OS. The van der Waals surface area contributed by atoms with Gasteiger partial charge in [-0.1, -0.05) is 18.3 Å². The third-order valence-corrected chi connectivity index (χ3v) is 3.72. The van der Waals surface area contributed by atoms with Crippen molar-refractivity contribution in [2.45, 2.75) is 19.8 Å². The predicted octanol–water partition coefficient (Wildman–Crippen LogP) is 2.26. The molecule has 19 heavy (non-hydrogen) atoms. The van der Waals surface area contributed by atoms with Crippen molar-refractivity contribution in [2.75, 3.05) is 0 Å². The lowest BCUT2D eigenvalue weighted by molar-refractivity contribution is 0.629. The van der Waals surface area contributed by atoms with E-state index in [0.29, 0.717) is 16.2 Å². The number of H-pyrrole nitrogens is 1. The second kappa shape index (κ2) is 4.58. The van der Waals surface area contributed by atoms with Crippen LogP contribution >= 0.6 is 11.3 Å². The Labute approximate surface area is 111 Å². The van der Waals surface area contributed by atoms with Crippen LogP contribution < -0.4 is 5.69 Å². The molecule has 3 rings (SSSR count). The van der Waals surface area contributed by atoms with Crippen molar-refractivity contribution in [3.05, 3.63) is 39.5 Å². The lowest BCUT2D eigenvalue weighted by atomic mass is 10.3. The Morgan fingerprint density at radius 2 is 2.26 bits per heavy atom. The van der Waals surface area contributed by atoms with E-state index in [1.807, 2.05) is 0 Å². The van der Waals surface area contributed by atoms with Gasteiger partial charge in [-0.3, -0.25) is 0 Å². The van der Waals surface area contributed by atoms with Crippen LogP contribution in [0.15, 0.2) is 23.0 Å². The van der Waals surface area contributed by atoms with Crippen LogP contribution in [0.25, 0.3) is 16.2 Å². The Balaban J connectivity index is 2.18. The van der Waals surface area contributed by atoms with Gasteiger partial charge in [0, 0.05) is 6.42 Å². The number of aryl methyl sites for hydroxylation is 1. The fourth-order valence-electron chi connectivity index (χ4n) is 1.92. The van der Waals surface area contributed by atoms with Crippen molar-refractivity contribution in [2.24, 2.45) is 0 Å². The molecule has 98 valence electrons. The molecule has 0 saturated heterocycles. The summed E-state index contributed by atoms with van der Waals surface area (Å²) in [5.41, 5.74) is 0.725. The number of aromatic nitrogens is 4. The minimum atomic E-state index is -0.384. The number of imidazole rings is 1. The summed E-state index contributed by atoms with van der Waals surface area (Å²) in [7, 11) is 0. The Bertz CT molecular complexity index is 788. The Hall–Kier alpha value is -2.02. The average molecular weight is 278 g/mol. The van der Waals surface area contributed by atoms with Crippen LogP contribution in [0.2, 0.25) is 0 Å². The second-order valence-corrected chi connectivity index (χ2v) is 5.20. The van der Waals surface area contributed by atoms with Crippen LogP contribution in [0.3, 0.4) is 0 Å². The number of nitrogens with zero attached hydrogens (tertiary/aromatic N) is 3. The molecule has 1 aromatic carbocycles. The first-order valence-corrected chi connectivity index (χ1v) is 6.73. The first-order chi connectivity index (χ1) is 9.19. The molecule has 0 aliphatic carbocycles. The lowest BCUT2D eigenvalue weighted by Crippen LogP contribution is -2.14. The highest BCUT2D eigenvalue weighted by Gasteiger charge is 2.13. The maximum Gasteiger partial charge on any atom is 0.332 e. The minimum Gasteiger partial charge on any atom is -0.305 e. The van der Waals surface area contributed by atoms with E-state index >= 15 is 0 Å². The molecule has 0 bridgehead atoms. The third kappa shape index (κ3) is 2.06. The van der Waals surface area contributed by atoms with Gasteiger partial charge >= 0.3 is 5.69 Å². The Morgan fingerprint density at radius 1 is 1.42 bits per heavy atom. The maximum absolute atomic E-state index is 13.1. The molecule has 0 aliphatic heterocycles. The lowest BCUT2D eigenvalue weighted by Gasteiger charge is -1.96. The van der Waals surface area contributed by atoms with Crippen LogP contribution in [-0.4, -0.2) is 19.7 Å². The van der Waals surface area contributed by atoms with Gasteiger partial charge < -0.3 is 4.98 Å². The highest BCUT2D eigenvalue weighted by Crippen LogP contribution is 2.20. The van der Waals surface area contributed by atoms with E-state index in [2.05, 4.69) is 22.1 Å². The second-order valence-electron chi connectivity index (χ2n) is 4.16. The highest BCUT2D eigenvalue weighted by molar-refractivity contribution is 7.13. The first-order valence-electron chi connectivity index (χ1n) is 5.92. The number of nitrogens with one attached hydrogen (secondary N) is 1. The van der Waals surface area contributed by atoms with E-state index in [4.69, 9.17) is 0 Å². The number of fused-ring (bicyclic) bond motifs is 1. The number of halogens is 1. The normalized spacial score (nSPS) is 11.3. The van der Waals surface area contributed by atoms with Crippen molar-refractivity contribution >= 4 is 22.4 Å². The number of benzene rings is 1. The Kier molecular flexibility index (Phi) is 2.90. The minimum absolute atomic E-state index is 0.334. The number of hydrogen-bond donors (Lipinski definition) is 1. The van der Waals surface area contributed by atoms with Gasteiger partial charge in [-0.05, 0) is 24.6 Å². The van der Waals surface area contributed by atoms with Crippen molar-refractivity contribution in [1.82, 2.24) is 19.7 Å². The van der Waals surface area contributed by atoms with Gasteiger partial charge in [-0.2, -0.15) is 0 Å². The number of hydrogen-bond acceptors (Lipinski definition) is 4. The van der Waals surface area contributed by atoms with Crippen LogP contribution in [0.4, 0.5) is 4.39 Å². The monoisotopic (exact) mass is 278 g/mol. The molecule has 0 aliphatic rings. The first kappa shape index (κ1) is 12.0. The zero-order valence-electron chi connectivity index (χ0n) is 10.2. The fourth-order valence-corrected chi connectivity index (χ4v) is 2.88. The summed E-state index contributed by atoms with van der Waals surface area (Å²) in [6.45, 7) is 2.06. The fraction of sp³-hybridized carbons (Fsp3) is 0.250. The zero-order valence-corrected chi connectivity index (χ0v) is 11.0. The molecule has 7 heteroatoms. The van der Waals surface area contributed by atoms with E-state index in [0.717, 1.165) is 17.8 Å². The van der Waals surface area contributed by atoms with Crippen molar-refractivity contribution in [3.8, 4) is 5.13 Å². The highest BCUT2D eigenvalue weighted by atomic mass is 32.1. The molecule has 0 atom stereocenters. The summed E-state index contributed by atoms with van der Waals surface area (Å²) in [5, 5.41) is 9.47. The zero-order chi connectivity index (χ0) is 13.4. The molecule has 1 N–H and O–H groups in total. The molecular weight excluding hydrogens is 267 g/mol. The molecule has 0 unspecified atom stereocenters. The molecule has 0 saturated carbocycles. The summed E-state index contributed by atoms with van der Waals surface area (Å²) in [6.07, 6.45) is 1.81. The van der Waals surface area contributed by atoms with Gasteiger partial charge in [0.1, 0.15) is 10.8 Å². The van der Waals surface area contributed by atoms with E-state index in [9.17, 15) is 9.18 Å². The Morgan fingerprint density at radius 3 is 3.05 bits per heavy atom. The molecule has 2 aromatic heterocycles. The maximum atomic E-state index is 13.1. The van der Waals surface area contributed by atoms with Gasteiger partial charge in [0.25, 0.3) is 0 Å². The van der Waals surface area contributed by atoms with Gasteiger partial charge in [-0.15, -0.1) is 10.2 Å². The summed E-state index contributed by atoms with van der Waals surface area (Å²) in [5.74, 6) is -0.384. The summed E-state index contributed by atoms with van der Waals surface area (Å²) < 4.78 is 14.6. The van der Waals surface area contributed by atoms with Gasteiger partial charge in [0.15, 0.2) is 0 Å². The molecule has 2 heterocycles. The van der Waals surface area contributed by atoms with Crippen LogP contribution in [0, 0.1) is 5.82 Å². The average Bonchev–Trinajstić information content (AvgIpc) is 2.92. The number of rotatable bonds is 3. The van der Waals surface area contributed by atoms with E-state index in [-0.39, 0.29) is 11.5 Å².